The van der Waals surface area contributed by atoms with Crippen molar-refractivity contribution in [2.24, 2.45) is 5.92 Å². The molecule has 1 heterocycles. The van der Waals surface area contributed by atoms with Crippen molar-refractivity contribution in [3.63, 3.8) is 0 Å². The molecule has 0 unspecified atom stereocenters. The molecule has 2 rings (SSSR count). The third-order valence-corrected chi connectivity index (χ3v) is 7.42. The zero-order chi connectivity index (χ0) is 21.6. The predicted molar refractivity (Wildman–Crippen MR) is 118 cm³/mol. The molecule has 29 heavy (non-hydrogen) atoms. The fraction of sp³-hybridized carbons (Fsp3) is 0.500. The zero-order valence-electron chi connectivity index (χ0n) is 17.1. The summed E-state index contributed by atoms with van der Waals surface area (Å²) in [5.41, 5.74) is 0.512. The highest BCUT2D eigenvalue weighted by Crippen LogP contribution is 2.27. The fourth-order valence-corrected chi connectivity index (χ4v) is 4.39. The second kappa shape index (κ2) is 10.3. The van der Waals surface area contributed by atoms with Gasteiger partial charge in [-0.2, -0.15) is 0 Å². The monoisotopic (exact) mass is 458 g/mol. The number of hydrogen-bond donors (Lipinski definition) is 1. The normalized spacial score (nSPS) is 12.6. The first kappa shape index (κ1) is 23.4. The molecule has 2 aromatic rings. The Hall–Kier alpha value is -1.85. The number of rotatable bonds is 10. The van der Waals surface area contributed by atoms with Gasteiger partial charge in [0, 0.05) is 12.8 Å². The molecule has 160 valence electrons. The fourth-order valence-electron chi connectivity index (χ4n) is 2.16. The molecule has 0 spiro atoms. The molecule has 1 aromatic heterocycles. The lowest BCUT2D eigenvalue weighted by Crippen LogP contribution is -2.32. The zero-order valence-corrected chi connectivity index (χ0v) is 19.5. The van der Waals surface area contributed by atoms with Crippen LogP contribution in [0.5, 0.6) is 5.75 Å². The van der Waals surface area contributed by atoms with Gasteiger partial charge >= 0.3 is 0 Å². The summed E-state index contributed by atoms with van der Waals surface area (Å²) < 4.78 is 31.0. The number of sulfonamides is 1. The molecule has 0 saturated heterocycles. The molecule has 0 bridgehead atoms. The van der Waals surface area contributed by atoms with Crippen molar-refractivity contribution in [1.29, 1.82) is 0 Å². The maximum Gasteiger partial charge on any atom is 0.267 e. The minimum atomic E-state index is -3.34. The molecule has 0 aliphatic heterocycles. The molecule has 1 aromatic carbocycles. The van der Waals surface area contributed by atoms with Crippen LogP contribution >= 0.6 is 23.1 Å². The van der Waals surface area contributed by atoms with Crippen LogP contribution in [0.2, 0.25) is 0 Å². The smallest absolute Gasteiger partial charge is 0.267 e. The number of benzene rings is 1. The molecule has 0 saturated carbocycles. The minimum absolute atomic E-state index is 0.304. The average molecular weight is 459 g/mol. The number of hydrogen-bond acceptors (Lipinski definition) is 8. The van der Waals surface area contributed by atoms with Crippen LogP contribution in [0.25, 0.3) is 0 Å². The third-order valence-electron chi connectivity index (χ3n) is 3.82. The van der Waals surface area contributed by atoms with E-state index in [-0.39, 0.29) is 5.91 Å². The Balaban J connectivity index is 1.98. The van der Waals surface area contributed by atoms with Gasteiger partial charge in [-0.05, 0) is 36.6 Å². The molecule has 1 N–H and O–H groups in total. The number of amides is 1. The van der Waals surface area contributed by atoms with Gasteiger partial charge in [0.05, 0.1) is 11.9 Å². The summed E-state index contributed by atoms with van der Waals surface area (Å²) in [5, 5.41) is 11.3. The molecule has 1 atom stereocenters. The number of carbonyl (C=O) groups excluding carboxylic acids is 1. The van der Waals surface area contributed by atoms with Crippen molar-refractivity contribution in [3.05, 3.63) is 24.3 Å². The first-order valence-electron chi connectivity index (χ1n) is 9.08. The summed E-state index contributed by atoms with van der Waals surface area (Å²) in [6, 6.07) is 6.53. The highest BCUT2D eigenvalue weighted by molar-refractivity contribution is 8.01. The van der Waals surface area contributed by atoms with Crippen LogP contribution in [0.1, 0.15) is 27.2 Å². The van der Waals surface area contributed by atoms with Crippen molar-refractivity contribution in [3.8, 4) is 5.75 Å². The van der Waals surface area contributed by atoms with Crippen LogP contribution in [-0.2, 0) is 14.8 Å². The maximum absolute atomic E-state index is 12.5. The molecule has 8 nitrogen and oxygen atoms in total. The van der Waals surface area contributed by atoms with Crippen LogP contribution < -0.4 is 14.4 Å². The number of carbonyl (C=O) groups is 1. The third kappa shape index (κ3) is 7.16. The van der Waals surface area contributed by atoms with Gasteiger partial charge in [0.1, 0.15) is 5.75 Å². The molecule has 0 radical (unpaired) electrons. The van der Waals surface area contributed by atoms with Gasteiger partial charge in [0.2, 0.25) is 15.2 Å². The number of nitrogens with one attached hydrogen (secondary N) is 1. The highest BCUT2D eigenvalue weighted by Gasteiger charge is 2.21. The molecule has 0 fully saturated rings. The largest absolute Gasteiger partial charge is 0.481 e. The standard InChI is InChI=1S/C18H26N4O4S3/c1-6-15(16(23)19-17-20-21-18(28-17)27-11-12(2)3)26-14-9-7-13(8-10-14)22(4)29(5,24)25/h7-10,12,15H,6,11H2,1-5H3,(H,19,20,23)/t15-/m0/s1. The van der Waals surface area contributed by atoms with Gasteiger partial charge in [-0.3, -0.25) is 14.4 Å². The molecule has 11 heteroatoms. The number of nitrogens with zero attached hydrogens (tertiary/aromatic N) is 3. The van der Waals surface area contributed by atoms with E-state index in [1.54, 1.807) is 36.0 Å². The van der Waals surface area contributed by atoms with Gasteiger partial charge in [-0.1, -0.05) is 43.9 Å². The van der Waals surface area contributed by atoms with E-state index in [1.165, 1.54) is 22.7 Å². The number of ether oxygens (including phenoxy) is 1. The maximum atomic E-state index is 12.5. The Bertz CT molecular complexity index is 913. The molecular weight excluding hydrogens is 432 g/mol. The van der Waals surface area contributed by atoms with Crippen molar-refractivity contribution < 1.29 is 17.9 Å². The topological polar surface area (TPSA) is 101 Å². The van der Waals surface area contributed by atoms with Gasteiger partial charge < -0.3 is 4.74 Å². The summed E-state index contributed by atoms with van der Waals surface area (Å²) in [7, 11) is -1.86. The highest BCUT2D eigenvalue weighted by atomic mass is 32.2. The van der Waals surface area contributed by atoms with E-state index in [9.17, 15) is 13.2 Å². The van der Waals surface area contributed by atoms with Crippen molar-refractivity contribution in [1.82, 2.24) is 10.2 Å². The molecular formula is C18H26N4O4S3. The van der Waals surface area contributed by atoms with Crippen molar-refractivity contribution >= 4 is 49.8 Å². The SMILES string of the molecule is CC[C@H](Oc1ccc(N(C)S(C)(=O)=O)cc1)C(=O)Nc1nnc(SCC(C)C)s1. The predicted octanol–water partition coefficient (Wildman–Crippen LogP) is 3.48. The van der Waals surface area contributed by atoms with Crippen LogP contribution in [0.15, 0.2) is 28.6 Å². The lowest BCUT2D eigenvalue weighted by Gasteiger charge is -2.19. The van der Waals surface area contributed by atoms with E-state index in [2.05, 4.69) is 29.4 Å². The summed E-state index contributed by atoms with van der Waals surface area (Å²) in [6.07, 6.45) is 0.892. The van der Waals surface area contributed by atoms with Crippen molar-refractivity contribution in [2.45, 2.75) is 37.6 Å². The lowest BCUT2D eigenvalue weighted by molar-refractivity contribution is -0.122. The molecule has 0 aliphatic rings. The Kier molecular flexibility index (Phi) is 8.29. The number of aromatic nitrogens is 2. The van der Waals surface area contributed by atoms with Gasteiger partial charge in [0.25, 0.3) is 5.91 Å². The van der Waals surface area contributed by atoms with Crippen LogP contribution in [-0.4, -0.2) is 49.7 Å². The summed E-state index contributed by atoms with van der Waals surface area (Å²) in [5.74, 6) is 1.65. The Labute approximate surface area is 180 Å². The Morgan fingerprint density at radius 3 is 2.48 bits per heavy atom. The summed E-state index contributed by atoms with van der Waals surface area (Å²) >= 11 is 2.95. The summed E-state index contributed by atoms with van der Waals surface area (Å²) in [4.78, 5) is 12.5. The van der Waals surface area contributed by atoms with Crippen LogP contribution in [0.3, 0.4) is 0 Å². The van der Waals surface area contributed by atoms with E-state index in [1.807, 2.05) is 6.92 Å². The quantitative estimate of drug-likeness (QED) is 0.430. The second-order valence-electron chi connectivity index (χ2n) is 6.81. The van der Waals surface area contributed by atoms with Crippen LogP contribution in [0.4, 0.5) is 10.8 Å². The van der Waals surface area contributed by atoms with E-state index in [0.717, 1.165) is 16.3 Å². The first-order chi connectivity index (χ1) is 13.6. The lowest BCUT2D eigenvalue weighted by atomic mass is 10.2. The van der Waals surface area contributed by atoms with Gasteiger partial charge in [0.15, 0.2) is 10.4 Å². The van der Waals surface area contributed by atoms with Crippen molar-refractivity contribution in [2.75, 3.05) is 28.7 Å². The Morgan fingerprint density at radius 2 is 1.93 bits per heavy atom. The minimum Gasteiger partial charge on any atom is -0.481 e. The second-order valence-corrected chi connectivity index (χ2v) is 11.1. The summed E-state index contributed by atoms with van der Waals surface area (Å²) in [6.45, 7) is 6.11. The number of anilines is 2. The van der Waals surface area contributed by atoms with Gasteiger partial charge in [-0.15, -0.1) is 10.2 Å². The first-order valence-corrected chi connectivity index (χ1v) is 12.7. The molecule has 0 aliphatic carbocycles. The number of thioether (sulfide) groups is 1. The van der Waals surface area contributed by atoms with Crippen LogP contribution in [0, 0.1) is 5.92 Å². The average Bonchev–Trinajstić information content (AvgIpc) is 3.10. The van der Waals surface area contributed by atoms with E-state index >= 15 is 0 Å². The Morgan fingerprint density at radius 1 is 1.28 bits per heavy atom. The molecule has 1 amide bonds. The van der Waals surface area contributed by atoms with Gasteiger partial charge in [-0.25, -0.2) is 8.42 Å². The van der Waals surface area contributed by atoms with E-state index in [4.69, 9.17) is 4.74 Å². The van der Waals surface area contributed by atoms with E-state index < -0.39 is 16.1 Å². The van der Waals surface area contributed by atoms with E-state index in [0.29, 0.717) is 28.9 Å².